The molecule has 2 unspecified atom stereocenters. The third kappa shape index (κ3) is 6.18. The Labute approximate surface area is 206 Å². The molecule has 1 N–H and O–H groups in total. The predicted octanol–water partition coefficient (Wildman–Crippen LogP) is 4.55. The molecule has 1 aliphatic heterocycles. The molecule has 1 saturated heterocycles. The summed E-state index contributed by atoms with van der Waals surface area (Å²) in [5, 5.41) is 9.00. The molecule has 2 amide bonds. The number of imide groups is 1. The highest BCUT2D eigenvalue weighted by Crippen LogP contribution is 2.31. The first-order chi connectivity index (χ1) is 16.8. The van der Waals surface area contributed by atoms with Gasteiger partial charge in [-0.25, -0.2) is 9.69 Å². The van der Waals surface area contributed by atoms with Crippen LogP contribution in [0.25, 0.3) is 11.1 Å². The van der Waals surface area contributed by atoms with Crippen LogP contribution in [-0.2, 0) is 20.7 Å². The van der Waals surface area contributed by atoms with Crippen LogP contribution in [0.4, 0.5) is 4.79 Å². The summed E-state index contributed by atoms with van der Waals surface area (Å²) >= 11 is 0. The van der Waals surface area contributed by atoms with Crippen LogP contribution in [0.3, 0.4) is 0 Å². The lowest BCUT2D eigenvalue weighted by atomic mass is 10.00. The van der Waals surface area contributed by atoms with E-state index in [4.69, 9.17) is 19.0 Å². The zero-order valence-electron chi connectivity index (χ0n) is 20.9. The van der Waals surface area contributed by atoms with Gasteiger partial charge in [-0.2, -0.15) is 0 Å². The molecule has 2 aromatic rings. The van der Waals surface area contributed by atoms with Crippen molar-refractivity contribution < 1.29 is 33.4 Å². The van der Waals surface area contributed by atoms with Crippen LogP contribution in [0.1, 0.15) is 61.4 Å². The lowest BCUT2D eigenvalue weighted by Gasteiger charge is -2.25. The van der Waals surface area contributed by atoms with Gasteiger partial charge >= 0.3 is 6.09 Å². The molecule has 1 fully saturated rings. The summed E-state index contributed by atoms with van der Waals surface area (Å²) in [5.41, 5.74) is 2.78. The highest BCUT2D eigenvalue weighted by molar-refractivity contribution is 6.14. The van der Waals surface area contributed by atoms with Crippen molar-refractivity contribution in [3.05, 3.63) is 47.4 Å². The average molecular weight is 486 g/mol. The van der Waals surface area contributed by atoms with Crippen LogP contribution in [0, 0.1) is 12.8 Å². The molecular formula is C27H35NO7. The van der Waals surface area contributed by atoms with Crippen molar-refractivity contribution in [1.29, 1.82) is 0 Å². The average Bonchev–Trinajstić information content (AvgIpc) is 3.43. The minimum Gasteiger partial charge on any atom is -0.457 e. The van der Waals surface area contributed by atoms with Gasteiger partial charge in [-0.3, -0.25) is 9.59 Å². The molecule has 2 heterocycles. The molecule has 1 aromatic heterocycles. The highest BCUT2D eigenvalue weighted by atomic mass is 16.6. The molecule has 0 aliphatic carbocycles. The van der Waals surface area contributed by atoms with E-state index in [-0.39, 0.29) is 24.9 Å². The van der Waals surface area contributed by atoms with Crippen molar-refractivity contribution in [1.82, 2.24) is 4.90 Å². The number of Topliss-reactive ketones (excluding diaryl/α,β-unsaturated/α-hetero) is 1. The second-order valence-electron chi connectivity index (χ2n) is 9.28. The number of aryl methyl sites for hydroxylation is 2. The topological polar surface area (TPSA) is 106 Å². The van der Waals surface area contributed by atoms with Crippen LogP contribution in [0.2, 0.25) is 0 Å². The fraction of sp³-hybridized carbons (Fsp3) is 0.519. The number of furan rings is 1. The summed E-state index contributed by atoms with van der Waals surface area (Å²) in [6, 6.07) is 9.09. The van der Waals surface area contributed by atoms with Crippen molar-refractivity contribution >= 4 is 17.8 Å². The first-order valence-corrected chi connectivity index (χ1v) is 12.2. The van der Waals surface area contributed by atoms with E-state index in [1.54, 1.807) is 6.07 Å². The summed E-state index contributed by atoms with van der Waals surface area (Å²) in [5.74, 6) is -0.753. The van der Waals surface area contributed by atoms with Crippen LogP contribution in [0.15, 0.2) is 34.7 Å². The fourth-order valence-corrected chi connectivity index (χ4v) is 4.30. The normalized spacial score (nSPS) is 16.6. The standard InChI is InChI=1S/C27H35NO7/c1-17(2)21-16-34-27(32)28(21)26(31)25(33-4)24(30)23-15-20(19-11-9-10-18(3)14-19)22(35-23)12-7-5-6-8-13-29/h9-11,14-15,17,21,25,29H,5-8,12-13,16H2,1-4H3. The Hall–Kier alpha value is -2.97. The molecule has 0 saturated carbocycles. The number of nitrogens with zero attached hydrogens (tertiary/aromatic N) is 1. The first kappa shape index (κ1) is 26.6. The van der Waals surface area contributed by atoms with Gasteiger partial charge in [-0.1, -0.05) is 56.5 Å². The van der Waals surface area contributed by atoms with Crippen molar-refractivity contribution in [2.45, 2.75) is 65.0 Å². The Morgan fingerprint density at radius 3 is 2.57 bits per heavy atom. The maximum absolute atomic E-state index is 13.4. The maximum Gasteiger partial charge on any atom is 0.417 e. The number of aliphatic hydroxyl groups is 1. The number of carbonyl (C=O) groups is 3. The minimum absolute atomic E-state index is 0.0146. The number of methoxy groups -OCH3 is 1. The number of aliphatic hydroxyl groups excluding tert-OH is 1. The molecule has 190 valence electrons. The van der Waals surface area contributed by atoms with Crippen LogP contribution in [-0.4, -0.2) is 60.3 Å². The smallest absolute Gasteiger partial charge is 0.417 e. The molecule has 8 nitrogen and oxygen atoms in total. The number of hydrogen-bond acceptors (Lipinski definition) is 7. The first-order valence-electron chi connectivity index (χ1n) is 12.2. The van der Waals surface area contributed by atoms with Crippen molar-refractivity contribution in [3.8, 4) is 11.1 Å². The van der Waals surface area contributed by atoms with E-state index in [1.165, 1.54) is 7.11 Å². The van der Waals surface area contributed by atoms with Gasteiger partial charge in [-0.15, -0.1) is 0 Å². The van der Waals surface area contributed by atoms with E-state index in [2.05, 4.69) is 0 Å². The van der Waals surface area contributed by atoms with Gasteiger partial charge < -0.3 is 19.0 Å². The number of unbranched alkanes of at least 4 members (excludes halogenated alkanes) is 3. The molecular weight excluding hydrogens is 450 g/mol. The van der Waals surface area contributed by atoms with Gasteiger partial charge in [0.15, 0.2) is 5.76 Å². The van der Waals surface area contributed by atoms with Gasteiger partial charge in [0.2, 0.25) is 11.9 Å². The highest BCUT2D eigenvalue weighted by Gasteiger charge is 2.45. The summed E-state index contributed by atoms with van der Waals surface area (Å²) in [6.45, 7) is 6.01. The quantitative estimate of drug-likeness (QED) is 0.267. The number of carbonyl (C=O) groups excluding carboxylic acids is 3. The van der Waals surface area contributed by atoms with E-state index < -0.39 is 29.9 Å². The Kier molecular flexibility index (Phi) is 9.23. The number of hydrogen-bond donors (Lipinski definition) is 1. The summed E-state index contributed by atoms with van der Waals surface area (Å²) in [6.07, 6.45) is 1.74. The second-order valence-corrected chi connectivity index (χ2v) is 9.28. The maximum atomic E-state index is 13.4. The molecule has 0 spiro atoms. The molecule has 0 bridgehead atoms. The number of cyclic esters (lactones) is 1. The van der Waals surface area contributed by atoms with E-state index >= 15 is 0 Å². The lowest BCUT2D eigenvalue weighted by Crippen LogP contribution is -2.49. The van der Waals surface area contributed by atoms with E-state index in [0.29, 0.717) is 12.2 Å². The van der Waals surface area contributed by atoms with Crippen LogP contribution >= 0.6 is 0 Å². The van der Waals surface area contributed by atoms with Crippen molar-refractivity contribution in [2.75, 3.05) is 20.3 Å². The number of ether oxygens (including phenoxy) is 2. The SMILES string of the molecule is COC(C(=O)c1cc(-c2cccc(C)c2)c(CCCCCCO)o1)C(=O)N1C(=O)OCC1C(C)C. The summed E-state index contributed by atoms with van der Waals surface area (Å²) in [4.78, 5) is 39.8. The third-order valence-electron chi connectivity index (χ3n) is 6.30. The second kappa shape index (κ2) is 12.1. The fourth-order valence-electron chi connectivity index (χ4n) is 4.30. The zero-order valence-corrected chi connectivity index (χ0v) is 20.9. The molecule has 2 atom stereocenters. The molecule has 35 heavy (non-hydrogen) atoms. The van der Waals surface area contributed by atoms with Gasteiger partial charge in [-0.05, 0) is 37.3 Å². The molecule has 8 heteroatoms. The lowest BCUT2D eigenvalue weighted by molar-refractivity contribution is -0.137. The number of amides is 2. The van der Waals surface area contributed by atoms with Gasteiger partial charge in [0, 0.05) is 25.7 Å². The Bertz CT molecular complexity index is 1040. The molecule has 3 rings (SSSR count). The molecule has 0 radical (unpaired) electrons. The van der Waals surface area contributed by atoms with E-state index in [9.17, 15) is 14.4 Å². The predicted molar refractivity (Wildman–Crippen MR) is 130 cm³/mol. The van der Waals surface area contributed by atoms with E-state index in [0.717, 1.165) is 47.3 Å². The largest absolute Gasteiger partial charge is 0.457 e. The van der Waals surface area contributed by atoms with Crippen LogP contribution in [0.5, 0.6) is 0 Å². The van der Waals surface area contributed by atoms with Crippen molar-refractivity contribution in [3.63, 3.8) is 0 Å². The minimum atomic E-state index is -1.52. The number of benzene rings is 1. The van der Waals surface area contributed by atoms with Crippen molar-refractivity contribution in [2.24, 2.45) is 5.92 Å². The van der Waals surface area contributed by atoms with Gasteiger partial charge in [0.25, 0.3) is 5.91 Å². The Morgan fingerprint density at radius 1 is 1.17 bits per heavy atom. The third-order valence-corrected chi connectivity index (χ3v) is 6.30. The Morgan fingerprint density at radius 2 is 1.91 bits per heavy atom. The number of rotatable bonds is 12. The summed E-state index contributed by atoms with van der Waals surface area (Å²) in [7, 11) is 1.26. The zero-order chi connectivity index (χ0) is 25.5. The number of ketones is 1. The molecule has 1 aromatic carbocycles. The van der Waals surface area contributed by atoms with E-state index in [1.807, 2.05) is 45.0 Å². The van der Waals surface area contributed by atoms with Gasteiger partial charge in [0.05, 0.1) is 6.04 Å². The monoisotopic (exact) mass is 485 g/mol. The van der Waals surface area contributed by atoms with Gasteiger partial charge in [0.1, 0.15) is 12.4 Å². The Balaban J connectivity index is 1.88. The van der Waals surface area contributed by atoms with Crippen LogP contribution < -0.4 is 0 Å². The molecule has 1 aliphatic rings. The summed E-state index contributed by atoms with van der Waals surface area (Å²) < 4.78 is 16.4.